The zero-order chi connectivity index (χ0) is 11.2. The van der Waals surface area contributed by atoms with Crippen molar-refractivity contribution in [2.24, 2.45) is 0 Å². The summed E-state index contributed by atoms with van der Waals surface area (Å²) in [6.07, 6.45) is 0. The monoisotopic (exact) mass is 210 g/mol. The minimum absolute atomic E-state index is 0.0237. The number of ketones is 1. The number of Topliss-reactive ketones (excluding diaryl/α,β-unsaturated/α-hetero) is 1. The van der Waals surface area contributed by atoms with E-state index in [2.05, 4.69) is 5.32 Å². The molecule has 0 heterocycles. The fourth-order valence-electron chi connectivity index (χ4n) is 1.37. The van der Waals surface area contributed by atoms with E-state index in [9.17, 15) is 4.79 Å². The summed E-state index contributed by atoms with van der Waals surface area (Å²) >= 11 is 0. The average molecular weight is 210 g/mol. The molecule has 0 aliphatic heterocycles. The first-order valence-corrected chi connectivity index (χ1v) is 5.10. The molecule has 0 saturated heterocycles. The molecular weight excluding hydrogens is 198 g/mol. The van der Waals surface area contributed by atoms with Crippen LogP contribution < -0.4 is 5.32 Å². The Morgan fingerprint density at radius 1 is 0.875 bits per heavy atom. The van der Waals surface area contributed by atoms with Crippen molar-refractivity contribution in [1.82, 2.24) is 0 Å². The van der Waals surface area contributed by atoms with E-state index in [1.807, 2.05) is 48.5 Å². The molecule has 2 aromatic carbocycles. The van der Waals surface area contributed by atoms with Crippen molar-refractivity contribution in [3.63, 3.8) is 0 Å². The lowest BCUT2D eigenvalue weighted by molar-refractivity contribution is 0.103. The second kappa shape index (κ2) is 5.12. The standard InChI is InChI=1S/C14H12NO/c16-14(12-7-3-1-4-8-12)11-15-13-9-5-2-6-10-13/h1-11,15H. The maximum Gasteiger partial charge on any atom is 0.187 e. The van der Waals surface area contributed by atoms with Gasteiger partial charge < -0.3 is 5.32 Å². The van der Waals surface area contributed by atoms with E-state index in [0.717, 1.165) is 5.69 Å². The highest BCUT2D eigenvalue weighted by Gasteiger charge is 2.04. The van der Waals surface area contributed by atoms with E-state index in [1.54, 1.807) is 12.1 Å². The second-order valence-corrected chi connectivity index (χ2v) is 3.38. The molecule has 0 spiro atoms. The maximum absolute atomic E-state index is 11.7. The van der Waals surface area contributed by atoms with E-state index in [1.165, 1.54) is 6.54 Å². The molecule has 0 saturated carbocycles. The first-order valence-electron chi connectivity index (χ1n) is 5.10. The van der Waals surface area contributed by atoms with Crippen LogP contribution in [0.4, 0.5) is 5.69 Å². The summed E-state index contributed by atoms with van der Waals surface area (Å²) < 4.78 is 0. The summed E-state index contributed by atoms with van der Waals surface area (Å²) in [6.45, 7) is 1.48. The Morgan fingerprint density at radius 2 is 1.44 bits per heavy atom. The van der Waals surface area contributed by atoms with Gasteiger partial charge in [0.2, 0.25) is 0 Å². The number of hydrogen-bond donors (Lipinski definition) is 1. The first-order chi connectivity index (χ1) is 7.86. The van der Waals surface area contributed by atoms with Crippen LogP contribution >= 0.6 is 0 Å². The van der Waals surface area contributed by atoms with Crippen LogP contribution in [-0.2, 0) is 0 Å². The van der Waals surface area contributed by atoms with E-state index in [-0.39, 0.29) is 5.78 Å². The highest BCUT2D eigenvalue weighted by atomic mass is 16.1. The predicted octanol–water partition coefficient (Wildman–Crippen LogP) is 3.14. The van der Waals surface area contributed by atoms with E-state index in [0.29, 0.717) is 5.56 Å². The van der Waals surface area contributed by atoms with Gasteiger partial charge in [0.05, 0.1) is 0 Å². The molecule has 0 aromatic heterocycles. The average Bonchev–Trinajstić information content (AvgIpc) is 2.38. The van der Waals surface area contributed by atoms with Crippen LogP contribution in [0.15, 0.2) is 60.7 Å². The van der Waals surface area contributed by atoms with Crippen molar-refractivity contribution in [2.45, 2.75) is 0 Å². The lowest BCUT2D eigenvalue weighted by atomic mass is 10.1. The number of nitrogens with one attached hydrogen (secondary N) is 1. The van der Waals surface area contributed by atoms with Gasteiger partial charge in [-0.05, 0) is 12.1 Å². The fourth-order valence-corrected chi connectivity index (χ4v) is 1.37. The third-order valence-corrected chi connectivity index (χ3v) is 2.20. The zero-order valence-electron chi connectivity index (χ0n) is 8.76. The first kappa shape index (κ1) is 10.4. The van der Waals surface area contributed by atoms with Crippen molar-refractivity contribution >= 4 is 11.5 Å². The van der Waals surface area contributed by atoms with Crippen LogP contribution in [0, 0.1) is 6.54 Å². The minimum atomic E-state index is -0.0237. The van der Waals surface area contributed by atoms with Gasteiger partial charge in [0.15, 0.2) is 5.78 Å². The van der Waals surface area contributed by atoms with Crippen molar-refractivity contribution in [1.29, 1.82) is 0 Å². The molecule has 2 heteroatoms. The lowest BCUT2D eigenvalue weighted by Gasteiger charge is -2.04. The highest BCUT2D eigenvalue weighted by molar-refractivity contribution is 6.03. The van der Waals surface area contributed by atoms with Crippen molar-refractivity contribution in [2.75, 3.05) is 5.32 Å². The highest BCUT2D eigenvalue weighted by Crippen LogP contribution is 2.08. The predicted molar refractivity (Wildman–Crippen MR) is 65.1 cm³/mol. The number of rotatable bonds is 4. The molecule has 0 amide bonds. The Morgan fingerprint density at radius 3 is 2.06 bits per heavy atom. The van der Waals surface area contributed by atoms with Crippen LogP contribution in [0.25, 0.3) is 0 Å². The van der Waals surface area contributed by atoms with Crippen LogP contribution in [0.1, 0.15) is 10.4 Å². The molecule has 79 valence electrons. The van der Waals surface area contributed by atoms with Crippen LogP contribution in [0.3, 0.4) is 0 Å². The molecule has 1 radical (unpaired) electrons. The summed E-state index contributed by atoms with van der Waals surface area (Å²) in [5, 5.41) is 2.97. The summed E-state index contributed by atoms with van der Waals surface area (Å²) in [5.74, 6) is -0.0237. The zero-order valence-corrected chi connectivity index (χ0v) is 8.76. The van der Waals surface area contributed by atoms with E-state index >= 15 is 0 Å². The number of carbonyl (C=O) groups excluding carboxylic acids is 1. The largest absolute Gasteiger partial charge is 0.373 e. The Balaban J connectivity index is 1.95. The third-order valence-electron chi connectivity index (χ3n) is 2.20. The smallest absolute Gasteiger partial charge is 0.187 e. The second-order valence-electron chi connectivity index (χ2n) is 3.38. The molecule has 0 atom stereocenters. The quantitative estimate of drug-likeness (QED) is 0.785. The molecule has 0 aliphatic rings. The molecule has 0 fully saturated rings. The van der Waals surface area contributed by atoms with Gasteiger partial charge in [0.1, 0.15) is 6.54 Å². The normalized spacial score (nSPS) is 9.75. The molecule has 2 rings (SSSR count). The molecule has 2 aromatic rings. The lowest BCUT2D eigenvalue weighted by Crippen LogP contribution is -2.07. The Kier molecular flexibility index (Phi) is 3.34. The number of benzene rings is 2. The summed E-state index contributed by atoms with van der Waals surface area (Å²) in [6, 6.07) is 18.8. The SMILES string of the molecule is O=C([CH]Nc1ccccc1)c1ccccc1. The van der Waals surface area contributed by atoms with Gasteiger partial charge in [-0.3, -0.25) is 4.79 Å². The summed E-state index contributed by atoms with van der Waals surface area (Å²) in [5.41, 5.74) is 1.60. The van der Waals surface area contributed by atoms with Gasteiger partial charge in [-0.15, -0.1) is 0 Å². The molecule has 0 aliphatic carbocycles. The number of hydrogen-bond acceptors (Lipinski definition) is 2. The molecule has 2 nitrogen and oxygen atoms in total. The molecule has 0 unspecified atom stereocenters. The van der Waals surface area contributed by atoms with Crippen molar-refractivity contribution < 1.29 is 4.79 Å². The third kappa shape index (κ3) is 2.70. The minimum Gasteiger partial charge on any atom is -0.373 e. The fraction of sp³-hybridized carbons (Fsp3) is 0. The number of anilines is 1. The maximum atomic E-state index is 11.7. The van der Waals surface area contributed by atoms with Crippen LogP contribution in [0.2, 0.25) is 0 Å². The Labute approximate surface area is 94.9 Å². The summed E-state index contributed by atoms with van der Waals surface area (Å²) in [4.78, 5) is 11.7. The number of para-hydroxylation sites is 1. The van der Waals surface area contributed by atoms with Gasteiger partial charge >= 0.3 is 0 Å². The molecule has 16 heavy (non-hydrogen) atoms. The van der Waals surface area contributed by atoms with Gasteiger partial charge in [-0.25, -0.2) is 0 Å². The van der Waals surface area contributed by atoms with Gasteiger partial charge in [-0.2, -0.15) is 0 Å². The van der Waals surface area contributed by atoms with Crippen molar-refractivity contribution in [3.05, 3.63) is 72.8 Å². The molecule has 0 bridgehead atoms. The van der Waals surface area contributed by atoms with Gasteiger partial charge in [0.25, 0.3) is 0 Å². The molecular formula is C14H12NO. The van der Waals surface area contributed by atoms with Crippen molar-refractivity contribution in [3.8, 4) is 0 Å². The molecule has 1 N–H and O–H groups in total. The van der Waals surface area contributed by atoms with E-state index in [4.69, 9.17) is 0 Å². The topological polar surface area (TPSA) is 29.1 Å². The Hall–Kier alpha value is -2.09. The summed E-state index contributed by atoms with van der Waals surface area (Å²) in [7, 11) is 0. The van der Waals surface area contributed by atoms with Gasteiger partial charge in [0, 0.05) is 11.3 Å². The number of carbonyl (C=O) groups is 1. The Bertz CT molecular complexity index is 451. The van der Waals surface area contributed by atoms with Gasteiger partial charge in [-0.1, -0.05) is 48.5 Å². The van der Waals surface area contributed by atoms with Crippen LogP contribution in [0.5, 0.6) is 0 Å². The van der Waals surface area contributed by atoms with Crippen LogP contribution in [-0.4, -0.2) is 5.78 Å². The van der Waals surface area contributed by atoms with E-state index < -0.39 is 0 Å².